The van der Waals surface area contributed by atoms with Crippen LogP contribution in [0.25, 0.3) is 10.8 Å². The van der Waals surface area contributed by atoms with Crippen LogP contribution in [0.2, 0.25) is 0 Å². The molecule has 0 aliphatic heterocycles. The molecule has 0 atom stereocenters. The molecule has 1 aliphatic carbocycles. The first-order valence-corrected chi connectivity index (χ1v) is 5.23. The second-order valence-corrected chi connectivity index (χ2v) is 4.21. The molecule has 0 bridgehead atoms. The molecule has 0 radical (unpaired) electrons. The first-order chi connectivity index (χ1) is 7.25. The molecular weight excluding hydrogens is 189 g/mol. The first-order valence-electron chi connectivity index (χ1n) is 5.23. The maximum atomic E-state index is 13.1. The number of hydrogen-bond donors (Lipinski definition) is 1. The van der Waals surface area contributed by atoms with E-state index in [9.17, 15) is 4.39 Å². The second-order valence-electron chi connectivity index (χ2n) is 4.21. The van der Waals surface area contributed by atoms with Crippen LogP contribution in [0.3, 0.4) is 0 Å². The van der Waals surface area contributed by atoms with Gasteiger partial charge in [-0.1, -0.05) is 12.1 Å². The van der Waals surface area contributed by atoms with Crippen LogP contribution in [0, 0.1) is 5.82 Å². The fourth-order valence-electron chi connectivity index (χ4n) is 2.12. The molecule has 0 amide bonds. The Bertz CT molecular complexity index is 529. The number of anilines is 1. The summed E-state index contributed by atoms with van der Waals surface area (Å²) < 4.78 is 13.1. The summed E-state index contributed by atoms with van der Waals surface area (Å²) in [4.78, 5) is 0. The molecule has 0 spiro atoms. The summed E-state index contributed by atoms with van der Waals surface area (Å²) in [6.45, 7) is 0. The minimum Gasteiger partial charge on any atom is -0.398 e. The zero-order chi connectivity index (χ0) is 10.4. The molecule has 15 heavy (non-hydrogen) atoms. The maximum absolute atomic E-state index is 13.1. The smallest absolute Gasteiger partial charge is 0.123 e. The molecule has 0 aromatic heterocycles. The quantitative estimate of drug-likeness (QED) is 0.703. The fourth-order valence-corrected chi connectivity index (χ4v) is 2.12. The molecule has 1 saturated carbocycles. The van der Waals surface area contributed by atoms with Crippen LogP contribution < -0.4 is 5.73 Å². The summed E-state index contributed by atoms with van der Waals surface area (Å²) in [5.41, 5.74) is 7.83. The summed E-state index contributed by atoms with van der Waals surface area (Å²) in [7, 11) is 0. The van der Waals surface area contributed by atoms with Crippen LogP contribution in [-0.2, 0) is 0 Å². The lowest BCUT2D eigenvalue weighted by atomic mass is 10.00. The number of hydrogen-bond acceptors (Lipinski definition) is 1. The van der Waals surface area contributed by atoms with Crippen molar-refractivity contribution < 1.29 is 4.39 Å². The van der Waals surface area contributed by atoms with E-state index in [1.807, 2.05) is 12.1 Å². The van der Waals surface area contributed by atoms with E-state index in [0.717, 1.165) is 10.8 Å². The monoisotopic (exact) mass is 201 g/mol. The molecular formula is C13H12FN. The van der Waals surface area contributed by atoms with E-state index >= 15 is 0 Å². The van der Waals surface area contributed by atoms with Crippen molar-refractivity contribution in [3.8, 4) is 0 Å². The van der Waals surface area contributed by atoms with Gasteiger partial charge in [-0.15, -0.1) is 0 Å². The minimum absolute atomic E-state index is 0.220. The van der Waals surface area contributed by atoms with E-state index in [0.29, 0.717) is 11.6 Å². The van der Waals surface area contributed by atoms with Crippen molar-refractivity contribution in [3.63, 3.8) is 0 Å². The Labute approximate surface area is 87.7 Å². The SMILES string of the molecule is Nc1ccc(C2CC2)c2ccc(F)cc12. The topological polar surface area (TPSA) is 26.0 Å². The second kappa shape index (κ2) is 2.96. The van der Waals surface area contributed by atoms with E-state index in [2.05, 4.69) is 6.07 Å². The zero-order valence-corrected chi connectivity index (χ0v) is 8.33. The molecule has 1 aliphatic rings. The zero-order valence-electron chi connectivity index (χ0n) is 8.33. The highest BCUT2D eigenvalue weighted by Crippen LogP contribution is 2.44. The number of nitrogen functional groups attached to an aromatic ring is 1. The van der Waals surface area contributed by atoms with Gasteiger partial charge in [0.15, 0.2) is 0 Å². The Morgan fingerprint density at radius 2 is 1.87 bits per heavy atom. The molecule has 76 valence electrons. The molecule has 1 fully saturated rings. The van der Waals surface area contributed by atoms with Crippen LogP contribution in [-0.4, -0.2) is 0 Å². The highest BCUT2D eigenvalue weighted by atomic mass is 19.1. The molecule has 2 N–H and O–H groups in total. The Balaban J connectivity index is 2.34. The molecule has 0 saturated heterocycles. The van der Waals surface area contributed by atoms with Crippen molar-refractivity contribution in [3.05, 3.63) is 41.7 Å². The van der Waals surface area contributed by atoms with Gasteiger partial charge < -0.3 is 5.73 Å². The van der Waals surface area contributed by atoms with Gasteiger partial charge in [0.2, 0.25) is 0 Å². The maximum Gasteiger partial charge on any atom is 0.123 e. The van der Waals surface area contributed by atoms with Crippen LogP contribution in [0.5, 0.6) is 0 Å². The molecule has 2 heteroatoms. The number of rotatable bonds is 1. The summed E-state index contributed by atoms with van der Waals surface area (Å²) in [5.74, 6) is 0.445. The summed E-state index contributed by atoms with van der Waals surface area (Å²) in [5, 5.41) is 1.96. The third-order valence-corrected chi connectivity index (χ3v) is 3.06. The minimum atomic E-state index is -0.220. The molecule has 0 unspecified atom stereocenters. The summed E-state index contributed by atoms with van der Waals surface area (Å²) in [6, 6.07) is 8.83. The van der Waals surface area contributed by atoms with Crippen LogP contribution in [0.15, 0.2) is 30.3 Å². The molecule has 2 aromatic rings. The van der Waals surface area contributed by atoms with E-state index in [1.165, 1.54) is 30.5 Å². The lowest BCUT2D eigenvalue weighted by Crippen LogP contribution is -1.91. The predicted molar refractivity (Wildman–Crippen MR) is 60.3 cm³/mol. The van der Waals surface area contributed by atoms with Gasteiger partial charge in [-0.3, -0.25) is 0 Å². The van der Waals surface area contributed by atoms with Crippen molar-refractivity contribution in [1.82, 2.24) is 0 Å². The average Bonchev–Trinajstić information content (AvgIpc) is 3.03. The summed E-state index contributed by atoms with van der Waals surface area (Å²) in [6.07, 6.45) is 2.49. The molecule has 0 heterocycles. The lowest BCUT2D eigenvalue weighted by molar-refractivity contribution is 0.630. The van der Waals surface area contributed by atoms with Crippen LogP contribution in [0.1, 0.15) is 24.3 Å². The van der Waals surface area contributed by atoms with Gasteiger partial charge in [0.25, 0.3) is 0 Å². The van der Waals surface area contributed by atoms with Crippen LogP contribution >= 0.6 is 0 Å². The Morgan fingerprint density at radius 3 is 2.60 bits per heavy atom. The van der Waals surface area contributed by atoms with Gasteiger partial charge in [-0.05, 0) is 47.9 Å². The lowest BCUT2D eigenvalue weighted by Gasteiger charge is -2.07. The van der Waals surface area contributed by atoms with Gasteiger partial charge in [0, 0.05) is 11.1 Å². The van der Waals surface area contributed by atoms with Crippen molar-refractivity contribution >= 4 is 16.5 Å². The van der Waals surface area contributed by atoms with Crippen molar-refractivity contribution in [1.29, 1.82) is 0 Å². The van der Waals surface area contributed by atoms with Crippen LogP contribution in [0.4, 0.5) is 10.1 Å². The van der Waals surface area contributed by atoms with E-state index in [4.69, 9.17) is 5.73 Å². The van der Waals surface area contributed by atoms with Gasteiger partial charge in [0.1, 0.15) is 5.82 Å². The van der Waals surface area contributed by atoms with Crippen molar-refractivity contribution in [2.75, 3.05) is 5.73 Å². The third-order valence-electron chi connectivity index (χ3n) is 3.06. The van der Waals surface area contributed by atoms with E-state index in [1.54, 1.807) is 0 Å². The predicted octanol–water partition coefficient (Wildman–Crippen LogP) is 3.44. The normalized spacial score (nSPS) is 15.8. The van der Waals surface area contributed by atoms with Gasteiger partial charge in [-0.25, -0.2) is 4.39 Å². The Morgan fingerprint density at radius 1 is 1.07 bits per heavy atom. The number of benzene rings is 2. The van der Waals surface area contributed by atoms with Crippen molar-refractivity contribution in [2.45, 2.75) is 18.8 Å². The molecule has 1 nitrogen and oxygen atoms in total. The van der Waals surface area contributed by atoms with Crippen molar-refractivity contribution in [2.24, 2.45) is 0 Å². The van der Waals surface area contributed by atoms with Gasteiger partial charge >= 0.3 is 0 Å². The average molecular weight is 201 g/mol. The molecule has 2 aromatic carbocycles. The number of fused-ring (bicyclic) bond motifs is 1. The highest BCUT2D eigenvalue weighted by molar-refractivity contribution is 5.95. The Hall–Kier alpha value is -1.57. The third kappa shape index (κ3) is 1.37. The number of nitrogens with two attached hydrogens (primary N) is 1. The van der Waals surface area contributed by atoms with Gasteiger partial charge in [-0.2, -0.15) is 0 Å². The fraction of sp³-hybridized carbons (Fsp3) is 0.231. The van der Waals surface area contributed by atoms with E-state index < -0.39 is 0 Å². The standard InChI is InChI=1S/C13H12FN/c14-9-3-4-11-10(8-1-2-8)5-6-13(15)12(11)7-9/h3-8H,1-2,15H2. The number of halogens is 1. The highest BCUT2D eigenvalue weighted by Gasteiger charge is 2.25. The Kier molecular flexibility index (Phi) is 1.72. The largest absolute Gasteiger partial charge is 0.398 e. The van der Waals surface area contributed by atoms with Gasteiger partial charge in [0.05, 0.1) is 0 Å². The summed E-state index contributed by atoms with van der Waals surface area (Å²) >= 11 is 0. The van der Waals surface area contributed by atoms with E-state index in [-0.39, 0.29) is 5.82 Å². The first kappa shape index (κ1) is 8.72. The molecule has 3 rings (SSSR count).